The smallest absolute Gasteiger partial charge is 0.238 e. The van der Waals surface area contributed by atoms with E-state index >= 15 is 0 Å². The van der Waals surface area contributed by atoms with Crippen molar-refractivity contribution in [3.8, 4) is 0 Å². The summed E-state index contributed by atoms with van der Waals surface area (Å²) < 4.78 is 0.980. The molecule has 1 saturated heterocycles. The molecule has 1 fully saturated rings. The van der Waals surface area contributed by atoms with Gasteiger partial charge >= 0.3 is 0 Å². The summed E-state index contributed by atoms with van der Waals surface area (Å²) >= 11 is 9.46. The SMILES string of the molecule is O=C(CCN1CCN(CC(=O)Nc2ccccc2Cl)CC1)Nc1ccc(Br)cc1. The highest BCUT2D eigenvalue weighted by atomic mass is 79.9. The van der Waals surface area contributed by atoms with Crippen LogP contribution in [0, 0.1) is 0 Å². The van der Waals surface area contributed by atoms with E-state index in [2.05, 4.69) is 36.4 Å². The molecule has 0 bridgehead atoms. The lowest BCUT2D eigenvalue weighted by Gasteiger charge is -2.34. The Hall–Kier alpha value is -1.93. The molecule has 6 nitrogen and oxygen atoms in total. The van der Waals surface area contributed by atoms with Gasteiger partial charge in [0.1, 0.15) is 0 Å². The molecule has 0 aliphatic carbocycles. The molecular formula is C21H24BrClN4O2. The summed E-state index contributed by atoms with van der Waals surface area (Å²) in [5, 5.41) is 6.30. The molecule has 1 aliphatic heterocycles. The maximum Gasteiger partial charge on any atom is 0.238 e. The highest BCUT2D eigenvalue weighted by molar-refractivity contribution is 9.10. The van der Waals surface area contributed by atoms with Crippen LogP contribution >= 0.6 is 27.5 Å². The monoisotopic (exact) mass is 478 g/mol. The first-order chi connectivity index (χ1) is 14.0. The molecule has 2 N–H and O–H groups in total. The molecule has 0 spiro atoms. The second-order valence-corrected chi connectivity index (χ2v) is 8.27. The first-order valence-electron chi connectivity index (χ1n) is 9.54. The summed E-state index contributed by atoms with van der Waals surface area (Å²) in [5.74, 6) is -0.0608. The van der Waals surface area contributed by atoms with Crippen LogP contribution in [-0.2, 0) is 9.59 Å². The Bertz CT molecular complexity index is 839. The molecule has 2 amide bonds. The van der Waals surface area contributed by atoms with E-state index in [4.69, 9.17) is 11.6 Å². The summed E-state index contributed by atoms with van der Waals surface area (Å²) in [6.07, 6.45) is 0.447. The Labute approximate surface area is 184 Å². The number of nitrogens with one attached hydrogen (secondary N) is 2. The molecule has 2 aromatic rings. The Morgan fingerprint density at radius 3 is 2.24 bits per heavy atom. The van der Waals surface area contributed by atoms with Crippen LogP contribution in [0.3, 0.4) is 0 Å². The standard InChI is InChI=1S/C21H24BrClN4O2/c22-16-5-7-17(8-6-16)24-20(28)9-10-26-11-13-27(14-12-26)15-21(29)25-19-4-2-1-3-18(19)23/h1-8H,9-15H2,(H,24,28)(H,25,29). The Morgan fingerprint density at radius 2 is 1.55 bits per heavy atom. The molecule has 3 rings (SSSR count). The summed E-state index contributed by atoms with van der Waals surface area (Å²) in [4.78, 5) is 28.7. The van der Waals surface area contributed by atoms with Crippen LogP contribution in [0.25, 0.3) is 0 Å². The van der Waals surface area contributed by atoms with Crippen molar-refractivity contribution in [1.29, 1.82) is 0 Å². The number of amides is 2. The number of carbonyl (C=O) groups excluding carboxylic acids is 2. The number of nitrogens with zero attached hydrogens (tertiary/aromatic N) is 2. The number of rotatable bonds is 7. The third-order valence-electron chi connectivity index (χ3n) is 4.76. The van der Waals surface area contributed by atoms with Gasteiger partial charge in [0.15, 0.2) is 0 Å². The van der Waals surface area contributed by atoms with E-state index in [9.17, 15) is 9.59 Å². The zero-order valence-electron chi connectivity index (χ0n) is 16.0. The summed E-state index contributed by atoms with van der Waals surface area (Å²) in [7, 11) is 0. The van der Waals surface area contributed by atoms with Crippen LogP contribution in [0.5, 0.6) is 0 Å². The highest BCUT2D eigenvalue weighted by Gasteiger charge is 2.19. The third kappa shape index (κ3) is 7.12. The lowest BCUT2D eigenvalue weighted by Crippen LogP contribution is -2.49. The van der Waals surface area contributed by atoms with Gasteiger partial charge in [-0.15, -0.1) is 0 Å². The maximum atomic E-state index is 12.2. The molecule has 8 heteroatoms. The quantitative estimate of drug-likeness (QED) is 0.636. The van der Waals surface area contributed by atoms with Crippen LogP contribution in [0.4, 0.5) is 11.4 Å². The number of carbonyl (C=O) groups is 2. The van der Waals surface area contributed by atoms with Crippen LogP contribution in [0.2, 0.25) is 5.02 Å². The summed E-state index contributed by atoms with van der Waals surface area (Å²) in [6, 6.07) is 14.8. The highest BCUT2D eigenvalue weighted by Crippen LogP contribution is 2.20. The van der Waals surface area contributed by atoms with E-state index in [1.165, 1.54) is 0 Å². The zero-order chi connectivity index (χ0) is 20.6. The van der Waals surface area contributed by atoms with Crippen molar-refractivity contribution < 1.29 is 9.59 Å². The molecule has 0 radical (unpaired) electrons. The average molecular weight is 480 g/mol. The minimum atomic E-state index is -0.0691. The second kappa shape index (κ2) is 10.7. The third-order valence-corrected chi connectivity index (χ3v) is 5.62. The van der Waals surface area contributed by atoms with Gasteiger partial charge in [0, 0.05) is 49.3 Å². The summed E-state index contributed by atoms with van der Waals surface area (Å²) in [6.45, 7) is 4.32. The van der Waals surface area contributed by atoms with Crippen LogP contribution in [0.15, 0.2) is 53.0 Å². The maximum absolute atomic E-state index is 12.2. The minimum Gasteiger partial charge on any atom is -0.326 e. The lowest BCUT2D eigenvalue weighted by atomic mass is 10.2. The van der Waals surface area contributed by atoms with Gasteiger partial charge in [0.25, 0.3) is 0 Å². The fourth-order valence-corrected chi connectivity index (χ4v) is 3.59. The minimum absolute atomic E-state index is 0.00821. The second-order valence-electron chi connectivity index (χ2n) is 6.95. The van der Waals surface area contributed by atoms with Crippen LogP contribution in [0.1, 0.15) is 6.42 Å². The van der Waals surface area contributed by atoms with Gasteiger partial charge in [-0.2, -0.15) is 0 Å². The van der Waals surface area contributed by atoms with E-state index in [0.717, 1.165) is 36.3 Å². The molecule has 0 aromatic heterocycles. The van der Waals surface area contributed by atoms with Gasteiger partial charge in [0.2, 0.25) is 11.8 Å². The van der Waals surface area contributed by atoms with Gasteiger partial charge < -0.3 is 15.5 Å². The Morgan fingerprint density at radius 1 is 0.897 bits per heavy atom. The Balaban J connectivity index is 1.34. The van der Waals surface area contributed by atoms with Crippen molar-refractivity contribution in [2.75, 3.05) is 49.9 Å². The fraction of sp³-hybridized carbons (Fsp3) is 0.333. The van der Waals surface area contributed by atoms with Crippen molar-refractivity contribution in [1.82, 2.24) is 9.80 Å². The zero-order valence-corrected chi connectivity index (χ0v) is 18.4. The van der Waals surface area contributed by atoms with Crippen molar-refractivity contribution in [3.63, 3.8) is 0 Å². The molecular weight excluding hydrogens is 456 g/mol. The lowest BCUT2D eigenvalue weighted by molar-refractivity contribution is -0.117. The molecule has 1 aliphatic rings. The normalized spacial score (nSPS) is 15.1. The predicted molar refractivity (Wildman–Crippen MR) is 120 cm³/mol. The first kappa shape index (κ1) is 21.8. The van der Waals surface area contributed by atoms with Gasteiger partial charge in [-0.05, 0) is 36.4 Å². The van der Waals surface area contributed by atoms with Crippen LogP contribution < -0.4 is 10.6 Å². The number of anilines is 2. The number of hydrogen-bond acceptors (Lipinski definition) is 4. The number of para-hydroxylation sites is 1. The number of piperazine rings is 1. The molecule has 154 valence electrons. The van der Waals surface area contributed by atoms with Crippen molar-refractivity contribution in [2.24, 2.45) is 0 Å². The van der Waals surface area contributed by atoms with Crippen molar-refractivity contribution >= 4 is 50.7 Å². The number of halogens is 2. The molecule has 29 heavy (non-hydrogen) atoms. The van der Waals surface area contributed by atoms with E-state index in [0.29, 0.717) is 30.2 Å². The topological polar surface area (TPSA) is 64.7 Å². The van der Waals surface area contributed by atoms with E-state index in [1.54, 1.807) is 12.1 Å². The molecule has 2 aromatic carbocycles. The van der Waals surface area contributed by atoms with Crippen molar-refractivity contribution in [2.45, 2.75) is 6.42 Å². The molecule has 1 heterocycles. The predicted octanol–water partition coefficient (Wildman–Crippen LogP) is 3.69. The largest absolute Gasteiger partial charge is 0.326 e. The van der Waals surface area contributed by atoms with E-state index in [-0.39, 0.29) is 11.8 Å². The summed E-state index contributed by atoms with van der Waals surface area (Å²) in [5.41, 5.74) is 1.43. The van der Waals surface area contributed by atoms with Gasteiger partial charge in [-0.1, -0.05) is 39.7 Å². The van der Waals surface area contributed by atoms with Crippen LogP contribution in [-0.4, -0.2) is 60.9 Å². The van der Waals surface area contributed by atoms with E-state index in [1.807, 2.05) is 36.4 Å². The van der Waals surface area contributed by atoms with E-state index < -0.39 is 0 Å². The van der Waals surface area contributed by atoms with Crippen molar-refractivity contribution in [3.05, 3.63) is 58.0 Å². The molecule has 0 unspecified atom stereocenters. The van der Waals surface area contributed by atoms with Gasteiger partial charge in [-0.3, -0.25) is 14.5 Å². The molecule has 0 saturated carbocycles. The van der Waals surface area contributed by atoms with Gasteiger partial charge in [0.05, 0.1) is 17.3 Å². The first-order valence-corrected chi connectivity index (χ1v) is 10.7. The fourth-order valence-electron chi connectivity index (χ4n) is 3.14. The number of hydrogen-bond donors (Lipinski definition) is 2. The molecule has 0 atom stereocenters. The number of benzene rings is 2. The average Bonchev–Trinajstić information content (AvgIpc) is 2.71. The van der Waals surface area contributed by atoms with Gasteiger partial charge in [-0.25, -0.2) is 0 Å². The Kier molecular flexibility index (Phi) is 8.06.